The Morgan fingerprint density at radius 3 is 2.57 bits per heavy atom. The normalized spacial score (nSPS) is 30.2. The Balaban J connectivity index is 2.06. The van der Waals surface area contributed by atoms with E-state index in [1.165, 1.54) is 0 Å². The van der Waals surface area contributed by atoms with Crippen molar-refractivity contribution in [3.05, 3.63) is 0 Å². The topological polar surface area (TPSA) is 61.7 Å². The minimum Gasteiger partial charge on any atom is -0.393 e. The molecule has 0 bridgehead atoms. The van der Waals surface area contributed by atoms with E-state index in [1.807, 2.05) is 0 Å². The van der Waals surface area contributed by atoms with Crippen LogP contribution in [0.4, 0.5) is 0 Å². The SMILES string of the molecule is COCC(O)CNC1CCC(O)CC1. The summed E-state index contributed by atoms with van der Waals surface area (Å²) in [6.07, 6.45) is 3.21. The van der Waals surface area contributed by atoms with Gasteiger partial charge in [0.25, 0.3) is 0 Å². The average molecular weight is 203 g/mol. The number of rotatable bonds is 5. The van der Waals surface area contributed by atoms with E-state index in [0.717, 1.165) is 25.7 Å². The lowest BCUT2D eigenvalue weighted by Gasteiger charge is -2.27. The fraction of sp³-hybridized carbons (Fsp3) is 1.00. The zero-order valence-electron chi connectivity index (χ0n) is 8.78. The molecule has 14 heavy (non-hydrogen) atoms. The molecule has 0 aromatic heterocycles. The van der Waals surface area contributed by atoms with Crippen molar-refractivity contribution in [2.75, 3.05) is 20.3 Å². The quantitative estimate of drug-likeness (QED) is 0.583. The smallest absolute Gasteiger partial charge is 0.0897 e. The molecule has 0 amide bonds. The summed E-state index contributed by atoms with van der Waals surface area (Å²) in [5.41, 5.74) is 0. The monoisotopic (exact) mass is 203 g/mol. The van der Waals surface area contributed by atoms with Crippen LogP contribution in [0.1, 0.15) is 25.7 Å². The molecule has 4 nitrogen and oxygen atoms in total. The van der Waals surface area contributed by atoms with Gasteiger partial charge in [-0.2, -0.15) is 0 Å². The molecule has 3 N–H and O–H groups in total. The molecule has 1 unspecified atom stereocenters. The van der Waals surface area contributed by atoms with E-state index in [1.54, 1.807) is 7.11 Å². The van der Waals surface area contributed by atoms with E-state index >= 15 is 0 Å². The second kappa shape index (κ2) is 6.35. The Morgan fingerprint density at radius 2 is 2.00 bits per heavy atom. The summed E-state index contributed by atoms with van der Waals surface area (Å²) in [4.78, 5) is 0. The first kappa shape index (κ1) is 11.9. The second-order valence-corrected chi connectivity index (χ2v) is 4.02. The number of hydrogen-bond donors (Lipinski definition) is 3. The van der Waals surface area contributed by atoms with Crippen LogP contribution < -0.4 is 5.32 Å². The number of methoxy groups -OCH3 is 1. The van der Waals surface area contributed by atoms with Crippen molar-refractivity contribution in [2.45, 2.75) is 43.9 Å². The summed E-state index contributed by atoms with van der Waals surface area (Å²) in [7, 11) is 1.58. The molecule has 1 aliphatic carbocycles. The number of nitrogens with one attached hydrogen (secondary N) is 1. The molecule has 1 atom stereocenters. The van der Waals surface area contributed by atoms with Crippen LogP contribution in [-0.2, 0) is 4.74 Å². The predicted octanol–water partition coefficient (Wildman–Crippen LogP) is -0.113. The van der Waals surface area contributed by atoms with Gasteiger partial charge >= 0.3 is 0 Å². The van der Waals surface area contributed by atoms with Crippen LogP contribution in [0.25, 0.3) is 0 Å². The second-order valence-electron chi connectivity index (χ2n) is 4.02. The minimum absolute atomic E-state index is 0.114. The third kappa shape index (κ3) is 4.37. The highest BCUT2D eigenvalue weighted by Crippen LogP contribution is 2.17. The summed E-state index contributed by atoms with van der Waals surface area (Å²) in [5, 5.41) is 22.0. The van der Waals surface area contributed by atoms with E-state index in [0.29, 0.717) is 19.2 Å². The summed E-state index contributed by atoms with van der Waals surface area (Å²) >= 11 is 0. The van der Waals surface area contributed by atoms with Crippen molar-refractivity contribution in [3.63, 3.8) is 0 Å². The maximum Gasteiger partial charge on any atom is 0.0897 e. The maximum atomic E-state index is 9.39. The highest BCUT2D eigenvalue weighted by Gasteiger charge is 2.19. The Labute approximate surface area is 85.3 Å². The number of ether oxygens (including phenoxy) is 1. The molecule has 0 heterocycles. The van der Waals surface area contributed by atoms with Crippen LogP contribution in [0.15, 0.2) is 0 Å². The molecule has 1 aliphatic rings. The molecule has 0 aromatic carbocycles. The Morgan fingerprint density at radius 1 is 1.36 bits per heavy atom. The molecule has 0 saturated heterocycles. The average Bonchev–Trinajstić information content (AvgIpc) is 2.17. The standard InChI is InChI=1S/C10H21NO3/c1-14-7-10(13)6-11-8-2-4-9(12)5-3-8/h8-13H,2-7H2,1H3. The summed E-state index contributed by atoms with van der Waals surface area (Å²) < 4.78 is 4.83. The molecule has 1 saturated carbocycles. The molecule has 1 fully saturated rings. The number of hydrogen-bond acceptors (Lipinski definition) is 4. The van der Waals surface area contributed by atoms with Gasteiger partial charge in [-0.25, -0.2) is 0 Å². The van der Waals surface area contributed by atoms with Gasteiger partial charge in [-0.05, 0) is 25.7 Å². The lowest BCUT2D eigenvalue weighted by Crippen LogP contribution is -2.40. The minimum atomic E-state index is -0.424. The van der Waals surface area contributed by atoms with Gasteiger partial charge in [0, 0.05) is 19.7 Å². The molecule has 0 aliphatic heterocycles. The first-order valence-electron chi connectivity index (χ1n) is 5.31. The number of aliphatic hydroxyl groups is 2. The van der Waals surface area contributed by atoms with Gasteiger partial charge in [0.15, 0.2) is 0 Å². The van der Waals surface area contributed by atoms with Crippen molar-refractivity contribution in [2.24, 2.45) is 0 Å². The van der Waals surface area contributed by atoms with Crippen LogP contribution in [-0.4, -0.2) is 48.7 Å². The molecular formula is C10H21NO3. The lowest BCUT2D eigenvalue weighted by atomic mass is 9.93. The Kier molecular flexibility index (Phi) is 5.40. The van der Waals surface area contributed by atoms with Crippen LogP contribution in [0, 0.1) is 0 Å². The van der Waals surface area contributed by atoms with Crippen molar-refractivity contribution >= 4 is 0 Å². The van der Waals surface area contributed by atoms with E-state index in [9.17, 15) is 10.2 Å². The molecule has 0 radical (unpaired) electrons. The van der Waals surface area contributed by atoms with E-state index in [4.69, 9.17) is 4.74 Å². The molecule has 1 rings (SSSR count). The molecule has 84 valence electrons. The van der Waals surface area contributed by atoms with E-state index < -0.39 is 6.10 Å². The first-order chi connectivity index (χ1) is 6.72. The van der Waals surface area contributed by atoms with Crippen LogP contribution in [0.3, 0.4) is 0 Å². The van der Waals surface area contributed by atoms with Crippen molar-refractivity contribution in [3.8, 4) is 0 Å². The first-order valence-corrected chi connectivity index (χ1v) is 5.31. The van der Waals surface area contributed by atoms with Gasteiger partial charge in [0.2, 0.25) is 0 Å². The highest BCUT2D eigenvalue weighted by molar-refractivity contribution is 4.77. The van der Waals surface area contributed by atoms with Gasteiger partial charge in [0.1, 0.15) is 0 Å². The van der Waals surface area contributed by atoms with Crippen LogP contribution in [0.2, 0.25) is 0 Å². The summed E-state index contributed by atoms with van der Waals surface area (Å²) in [5.74, 6) is 0. The summed E-state index contributed by atoms with van der Waals surface area (Å²) in [6, 6.07) is 0.449. The zero-order chi connectivity index (χ0) is 10.4. The predicted molar refractivity (Wildman–Crippen MR) is 54.1 cm³/mol. The van der Waals surface area contributed by atoms with E-state index in [-0.39, 0.29) is 6.10 Å². The highest BCUT2D eigenvalue weighted by atomic mass is 16.5. The lowest BCUT2D eigenvalue weighted by molar-refractivity contribution is 0.0584. The van der Waals surface area contributed by atoms with Crippen molar-refractivity contribution in [1.29, 1.82) is 0 Å². The van der Waals surface area contributed by atoms with Gasteiger partial charge in [0.05, 0.1) is 18.8 Å². The fourth-order valence-corrected chi connectivity index (χ4v) is 1.83. The zero-order valence-corrected chi connectivity index (χ0v) is 8.78. The maximum absolute atomic E-state index is 9.39. The molecular weight excluding hydrogens is 182 g/mol. The third-order valence-electron chi connectivity index (χ3n) is 2.70. The van der Waals surface area contributed by atoms with Gasteiger partial charge in [-0.15, -0.1) is 0 Å². The number of aliphatic hydroxyl groups excluding tert-OH is 2. The van der Waals surface area contributed by atoms with Crippen LogP contribution >= 0.6 is 0 Å². The van der Waals surface area contributed by atoms with Gasteiger partial charge in [-0.3, -0.25) is 0 Å². The van der Waals surface area contributed by atoms with Crippen LogP contribution in [0.5, 0.6) is 0 Å². The molecule has 0 spiro atoms. The van der Waals surface area contributed by atoms with E-state index in [2.05, 4.69) is 5.32 Å². The van der Waals surface area contributed by atoms with Crippen molar-refractivity contribution < 1.29 is 14.9 Å². The molecule has 4 heteroatoms. The van der Waals surface area contributed by atoms with Gasteiger partial charge < -0.3 is 20.3 Å². The van der Waals surface area contributed by atoms with Gasteiger partial charge in [-0.1, -0.05) is 0 Å². The fourth-order valence-electron chi connectivity index (χ4n) is 1.83. The molecule has 0 aromatic rings. The summed E-state index contributed by atoms with van der Waals surface area (Å²) in [6.45, 7) is 0.955. The largest absolute Gasteiger partial charge is 0.393 e. The Hall–Kier alpha value is -0.160. The Bertz CT molecular complexity index is 146. The third-order valence-corrected chi connectivity index (χ3v) is 2.70. The van der Waals surface area contributed by atoms with Crippen molar-refractivity contribution in [1.82, 2.24) is 5.32 Å².